The van der Waals surface area contributed by atoms with E-state index in [0.717, 1.165) is 0 Å². The Kier molecular flexibility index (Phi) is 4.04. The minimum atomic E-state index is -0.413. The average molecular weight is 183 g/mol. The second kappa shape index (κ2) is 5.09. The first-order chi connectivity index (χ1) is 6.27. The second-order valence-electron chi connectivity index (χ2n) is 2.70. The van der Waals surface area contributed by atoms with Crippen molar-refractivity contribution in [3.8, 4) is 0 Å². The van der Waals surface area contributed by atoms with E-state index in [2.05, 4.69) is 10.0 Å². The standard InChI is InChI=1S/C6H10BN3O3/c7-6-1-4(5(2-11)13-6)12-3-9-10-8/h4-6,11H,1-3H2/t4?,5-,6-/m1/s1. The molecule has 1 rings (SSSR count). The molecule has 0 bridgehead atoms. The summed E-state index contributed by atoms with van der Waals surface area (Å²) in [6.45, 7) is -0.206. The largest absolute Gasteiger partial charge is 0.394 e. The lowest BCUT2D eigenvalue weighted by Gasteiger charge is -2.15. The van der Waals surface area contributed by atoms with Gasteiger partial charge < -0.3 is 14.6 Å². The third-order valence-corrected chi connectivity index (χ3v) is 1.82. The van der Waals surface area contributed by atoms with E-state index >= 15 is 0 Å². The van der Waals surface area contributed by atoms with E-state index in [0.29, 0.717) is 6.42 Å². The van der Waals surface area contributed by atoms with Crippen LogP contribution in [-0.2, 0) is 9.47 Å². The van der Waals surface area contributed by atoms with Crippen LogP contribution in [-0.4, -0.2) is 44.5 Å². The van der Waals surface area contributed by atoms with Crippen molar-refractivity contribution in [3.63, 3.8) is 0 Å². The molecule has 1 aliphatic heterocycles. The molecule has 2 radical (unpaired) electrons. The van der Waals surface area contributed by atoms with E-state index in [1.54, 1.807) is 0 Å². The van der Waals surface area contributed by atoms with Crippen LogP contribution in [0, 0.1) is 0 Å². The lowest BCUT2D eigenvalue weighted by Crippen LogP contribution is -2.27. The van der Waals surface area contributed by atoms with Gasteiger partial charge in [-0.15, -0.1) is 0 Å². The topological polar surface area (TPSA) is 87.5 Å². The van der Waals surface area contributed by atoms with Crippen LogP contribution in [0.2, 0.25) is 0 Å². The molecule has 0 aromatic rings. The summed E-state index contributed by atoms with van der Waals surface area (Å²) in [6, 6.07) is -0.409. The van der Waals surface area contributed by atoms with Gasteiger partial charge in [-0.1, -0.05) is 5.11 Å². The molecule has 1 N–H and O–H groups in total. The van der Waals surface area contributed by atoms with Crippen LogP contribution < -0.4 is 0 Å². The highest BCUT2D eigenvalue weighted by atomic mass is 16.6. The molecular weight excluding hydrogens is 173 g/mol. The minimum Gasteiger partial charge on any atom is -0.394 e. The average Bonchev–Trinajstić information content (AvgIpc) is 2.47. The number of nitrogens with zero attached hydrogens (tertiary/aromatic N) is 3. The van der Waals surface area contributed by atoms with Crippen LogP contribution in [0.15, 0.2) is 5.11 Å². The van der Waals surface area contributed by atoms with Gasteiger partial charge in [-0.25, -0.2) is 0 Å². The number of aliphatic hydroxyl groups is 1. The lowest BCUT2D eigenvalue weighted by atomic mass is 9.96. The fourth-order valence-electron chi connectivity index (χ4n) is 1.24. The molecule has 0 aromatic carbocycles. The van der Waals surface area contributed by atoms with Crippen molar-refractivity contribution in [2.24, 2.45) is 5.11 Å². The molecule has 0 spiro atoms. The van der Waals surface area contributed by atoms with Gasteiger partial charge in [0.25, 0.3) is 0 Å². The van der Waals surface area contributed by atoms with Crippen molar-refractivity contribution in [2.75, 3.05) is 13.3 Å². The molecule has 1 saturated heterocycles. The monoisotopic (exact) mass is 183 g/mol. The van der Waals surface area contributed by atoms with Crippen LogP contribution in [0.25, 0.3) is 10.4 Å². The number of hydrogen-bond acceptors (Lipinski definition) is 4. The van der Waals surface area contributed by atoms with Crippen LogP contribution in [0.1, 0.15) is 6.42 Å². The molecule has 1 heterocycles. The molecular formula is C6H10BN3O3. The van der Waals surface area contributed by atoms with Crippen molar-refractivity contribution in [2.45, 2.75) is 24.6 Å². The van der Waals surface area contributed by atoms with Gasteiger partial charge in [0, 0.05) is 10.9 Å². The Morgan fingerprint density at radius 1 is 1.77 bits per heavy atom. The molecule has 1 unspecified atom stereocenters. The first kappa shape index (κ1) is 10.3. The van der Waals surface area contributed by atoms with Crippen molar-refractivity contribution >= 4 is 7.85 Å². The van der Waals surface area contributed by atoms with Gasteiger partial charge in [0.1, 0.15) is 20.7 Å². The summed E-state index contributed by atoms with van der Waals surface area (Å²) in [5, 5.41) is 12.1. The summed E-state index contributed by atoms with van der Waals surface area (Å²) in [7, 11) is 5.48. The maximum atomic E-state index is 8.85. The van der Waals surface area contributed by atoms with Gasteiger partial charge >= 0.3 is 0 Å². The molecule has 3 atom stereocenters. The van der Waals surface area contributed by atoms with Crippen molar-refractivity contribution < 1.29 is 14.6 Å². The third-order valence-electron chi connectivity index (χ3n) is 1.82. The van der Waals surface area contributed by atoms with Crippen LogP contribution in [0.4, 0.5) is 0 Å². The van der Waals surface area contributed by atoms with Gasteiger partial charge in [0.05, 0.1) is 12.7 Å². The predicted molar refractivity (Wildman–Crippen MR) is 45.0 cm³/mol. The molecule has 0 aromatic heterocycles. The summed E-state index contributed by atoms with van der Waals surface area (Å²) in [5.74, 6) is 0. The zero-order valence-corrected chi connectivity index (χ0v) is 7.04. The molecule has 13 heavy (non-hydrogen) atoms. The van der Waals surface area contributed by atoms with E-state index in [-0.39, 0.29) is 19.4 Å². The SMILES string of the molecule is [B][C@H]1CC(OCN=[N+]=[N-])[C@@H](CO)O1. The number of azide groups is 1. The predicted octanol–water partition coefficient (Wildman–Crippen LogP) is -0.0848. The summed E-state index contributed by atoms with van der Waals surface area (Å²) in [6.07, 6.45) is -0.194. The van der Waals surface area contributed by atoms with Gasteiger partial charge in [0.15, 0.2) is 0 Å². The Morgan fingerprint density at radius 2 is 2.54 bits per heavy atom. The van der Waals surface area contributed by atoms with Gasteiger partial charge in [-0.05, 0) is 12.0 Å². The number of ether oxygens (including phenoxy) is 2. The molecule has 7 heteroatoms. The molecule has 6 nitrogen and oxygen atoms in total. The van der Waals surface area contributed by atoms with Gasteiger partial charge in [0.2, 0.25) is 0 Å². The first-order valence-electron chi connectivity index (χ1n) is 3.92. The van der Waals surface area contributed by atoms with Gasteiger partial charge in [-0.2, -0.15) is 0 Å². The Morgan fingerprint density at radius 3 is 3.15 bits per heavy atom. The van der Waals surface area contributed by atoms with E-state index in [1.807, 2.05) is 0 Å². The van der Waals surface area contributed by atoms with Crippen molar-refractivity contribution in [1.82, 2.24) is 0 Å². The highest BCUT2D eigenvalue weighted by Crippen LogP contribution is 2.20. The minimum absolute atomic E-state index is 0.0618. The van der Waals surface area contributed by atoms with E-state index in [4.69, 9.17) is 28.0 Å². The Hall–Kier alpha value is -0.745. The fourth-order valence-corrected chi connectivity index (χ4v) is 1.24. The maximum Gasteiger partial charge on any atom is 0.126 e. The molecule has 0 saturated carbocycles. The number of hydrogen-bond donors (Lipinski definition) is 1. The van der Waals surface area contributed by atoms with Gasteiger partial charge in [-0.3, -0.25) is 0 Å². The molecule has 0 amide bonds. The quantitative estimate of drug-likeness (QED) is 0.286. The van der Waals surface area contributed by atoms with Crippen LogP contribution in [0.3, 0.4) is 0 Å². The fraction of sp³-hybridized carbons (Fsp3) is 1.00. The first-order valence-corrected chi connectivity index (χ1v) is 3.92. The Labute approximate surface area is 76.9 Å². The zero-order valence-electron chi connectivity index (χ0n) is 7.04. The van der Waals surface area contributed by atoms with Crippen LogP contribution >= 0.6 is 0 Å². The number of aliphatic hydroxyl groups excluding tert-OH is 1. The van der Waals surface area contributed by atoms with Crippen molar-refractivity contribution in [3.05, 3.63) is 10.4 Å². The van der Waals surface area contributed by atoms with E-state index in [1.165, 1.54) is 0 Å². The zero-order chi connectivity index (χ0) is 9.68. The molecule has 0 aliphatic carbocycles. The second-order valence-corrected chi connectivity index (χ2v) is 2.70. The lowest BCUT2D eigenvalue weighted by molar-refractivity contribution is -0.0354. The van der Waals surface area contributed by atoms with E-state index < -0.39 is 12.1 Å². The summed E-state index contributed by atoms with van der Waals surface area (Å²) >= 11 is 0. The van der Waals surface area contributed by atoms with Crippen molar-refractivity contribution in [1.29, 1.82) is 0 Å². The molecule has 1 fully saturated rings. The Balaban J connectivity index is 2.34. The third kappa shape index (κ3) is 2.89. The highest BCUT2D eigenvalue weighted by Gasteiger charge is 2.32. The smallest absolute Gasteiger partial charge is 0.126 e. The molecule has 1 aliphatic rings. The summed E-state index contributed by atoms with van der Waals surface area (Å²) in [4.78, 5) is 2.53. The summed E-state index contributed by atoms with van der Waals surface area (Å²) in [5.41, 5.74) is 7.99. The normalized spacial score (nSPS) is 32.8. The van der Waals surface area contributed by atoms with Crippen LogP contribution in [0.5, 0.6) is 0 Å². The maximum absolute atomic E-state index is 8.85. The highest BCUT2D eigenvalue weighted by molar-refractivity contribution is 6.11. The van der Waals surface area contributed by atoms with E-state index in [9.17, 15) is 0 Å². The Bertz CT molecular complexity index is 209. The molecule has 70 valence electrons. The number of rotatable bonds is 4. The summed E-state index contributed by atoms with van der Waals surface area (Å²) < 4.78 is 10.3.